The summed E-state index contributed by atoms with van der Waals surface area (Å²) in [6, 6.07) is 9.35. The molecule has 1 heterocycles. The number of benzene rings is 1. The summed E-state index contributed by atoms with van der Waals surface area (Å²) in [6.45, 7) is 1.88. The Hall–Kier alpha value is -2.30. The molecule has 0 unspecified atom stereocenters. The zero-order valence-electron chi connectivity index (χ0n) is 10.2. The number of hydrogen-bond donors (Lipinski definition) is 3. The molecule has 0 aliphatic rings. The van der Waals surface area contributed by atoms with E-state index in [9.17, 15) is 4.79 Å². The second-order valence-corrected chi connectivity index (χ2v) is 4.18. The Morgan fingerprint density at radius 1 is 1.44 bits per heavy atom. The van der Waals surface area contributed by atoms with Crippen molar-refractivity contribution in [1.82, 2.24) is 10.2 Å². The number of carbonyl (C=O) groups is 1. The summed E-state index contributed by atoms with van der Waals surface area (Å²) < 4.78 is 0. The van der Waals surface area contributed by atoms with Gasteiger partial charge in [0.2, 0.25) is 5.91 Å². The number of amides is 1. The van der Waals surface area contributed by atoms with E-state index in [1.165, 1.54) is 0 Å². The molecule has 0 saturated heterocycles. The molecule has 2 aromatic rings. The summed E-state index contributed by atoms with van der Waals surface area (Å²) >= 11 is 0. The van der Waals surface area contributed by atoms with E-state index in [2.05, 4.69) is 15.5 Å². The molecule has 0 radical (unpaired) electrons. The van der Waals surface area contributed by atoms with Gasteiger partial charge in [-0.2, -0.15) is 5.10 Å². The third-order valence-corrected chi connectivity index (χ3v) is 2.65. The Labute approximate surface area is 105 Å². The zero-order valence-corrected chi connectivity index (χ0v) is 10.2. The van der Waals surface area contributed by atoms with Crippen molar-refractivity contribution in [3.05, 3.63) is 41.6 Å². The molecule has 0 aliphatic heterocycles. The van der Waals surface area contributed by atoms with Crippen LogP contribution in [0.25, 0.3) is 0 Å². The van der Waals surface area contributed by atoms with Gasteiger partial charge in [0.25, 0.3) is 0 Å². The fourth-order valence-corrected chi connectivity index (χ4v) is 1.70. The number of H-pyrrole nitrogens is 1. The van der Waals surface area contributed by atoms with Gasteiger partial charge in [-0.25, -0.2) is 0 Å². The van der Waals surface area contributed by atoms with Crippen molar-refractivity contribution in [2.45, 2.75) is 19.8 Å². The van der Waals surface area contributed by atoms with Gasteiger partial charge in [-0.1, -0.05) is 18.2 Å². The molecule has 0 saturated carbocycles. The fraction of sp³-hybridized carbons (Fsp3) is 0.231. The minimum absolute atomic E-state index is 0.0650. The number of aromatic amines is 1. The number of para-hydroxylation sites is 1. The summed E-state index contributed by atoms with van der Waals surface area (Å²) in [7, 11) is 0. The van der Waals surface area contributed by atoms with Gasteiger partial charge < -0.3 is 11.1 Å². The van der Waals surface area contributed by atoms with Crippen molar-refractivity contribution in [3.63, 3.8) is 0 Å². The van der Waals surface area contributed by atoms with Crippen LogP contribution in [0.15, 0.2) is 30.3 Å². The smallest absolute Gasteiger partial charge is 0.225 e. The van der Waals surface area contributed by atoms with Crippen molar-refractivity contribution < 1.29 is 4.79 Å². The lowest BCUT2D eigenvalue weighted by atomic mass is 10.1. The van der Waals surface area contributed by atoms with Crippen molar-refractivity contribution in [1.29, 1.82) is 0 Å². The van der Waals surface area contributed by atoms with Crippen LogP contribution in [0.5, 0.6) is 0 Å². The average Bonchev–Trinajstić information content (AvgIpc) is 2.74. The number of nitrogens with zero attached hydrogens (tertiary/aromatic N) is 1. The average molecular weight is 244 g/mol. The van der Waals surface area contributed by atoms with Crippen LogP contribution in [0, 0.1) is 6.92 Å². The van der Waals surface area contributed by atoms with E-state index in [4.69, 9.17) is 5.73 Å². The molecule has 18 heavy (non-hydrogen) atoms. The number of hydrogen-bond acceptors (Lipinski definition) is 3. The zero-order chi connectivity index (χ0) is 13.0. The van der Waals surface area contributed by atoms with Crippen molar-refractivity contribution >= 4 is 17.4 Å². The van der Waals surface area contributed by atoms with Gasteiger partial charge >= 0.3 is 0 Å². The van der Waals surface area contributed by atoms with Crippen LogP contribution in [-0.2, 0) is 11.2 Å². The first-order valence-corrected chi connectivity index (χ1v) is 5.80. The minimum atomic E-state index is -0.0650. The monoisotopic (exact) mass is 244 g/mol. The molecule has 94 valence electrons. The molecule has 0 atom stereocenters. The maximum Gasteiger partial charge on any atom is 0.225 e. The Morgan fingerprint density at radius 2 is 2.22 bits per heavy atom. The highest BCUT2D eigenvalue weighted by Gasteiger charge is 2.06. The molecule has 2 rings (SSSR count). The maximum absolute atomic E-state index is 11.7. The highest BCUT2D eigenvalue weighted by atomic mass is 16.1. The number of anilines is 2. The first-order chi connectivity index (χ1) is 8.65. The number of nitrogens with one attached hydrogen (secondary N) is 2. The lowest BCUT2D eigenvalue weighted by Gasteiger charge is -2.05. The van der Waals surface area contributed by atoms with E-state index in [1.807, 2.05) is 31.2 Å². The quantitative estimate of drug-likeness (QED) is 0.718. The van der Waals surface area contributed by atoms with Crippen LogP contribution >= 0.6 is 0 Å². The second-order valence-electron chi connectivity index (χ2n) is 4.18. The molecule has 0 aliphatic carbocycles. The number of aryl methyl sites for hydroxylation is 2. The van der Waals surface area contributed by atoms with Crippen LogP contribution < -0.4 is 11.1 Å². The van der Waals surface area contributed by atoms with Crippen molar-refractivity contribution in [2.75, 3.05) is 11.1 Å². The molecular formula is C13H16N4O. The van der Waals surface area contributed by atoms with Gasteiger partial charge in [0.1, 0.15) is 0 Å². The third kappa shape index (κ3) is 3.10. The normalized spacial score (nSPS) is 10.3. The van der Waals surface area contributed by atoms with Crippen molar-refractivity contribution in [3.8, 4) is 0 Å². The Morgan fingerprint density at radius 3 is 2.89 bits per heavy atom. The molecule has 0 bridgehead atoms. The summed E-state index contributed by atoms with van der Waals surface area (Å²) in [6.07, 6.45) is 1.02. The number of carbonyl (C=O) groups excluding carboxylic acids is 1. The van der Waals surface area contributed by atoms with Crippen LogP contribution in [0.2, 0.25) is 0 Å². The largest absolute Gasteiger partial charge is 0.399 e. The van der Waals surface area contributed by atoms with Crippen LogP contribution in [0.4, 0.5) is 11.5 Å². The first-order valence-electron chi connectivity index (χ1n) is 5.80. The second kappa shape index (κ2) is 5.35. The Balaban J connectivity index is 1.87. The SMILES string of the molecule is Cc1cc(NC(=O)CCc2ccccc2N)n[nH]1. The predicted octanol–water partition coefficient (Wildman–Crippen LogP) is 1.87. The molecule has 4 N–H and O–H groups in total. The lowest BCUT2D eigenvalue weighted by Crippen LogP contribution is -2.13. The molecule has 5 heteroatoms. The predicted molar refractivity (Wildman–Crippen MR) is 71.1 cm³/mol. The standard InChI is InChI=1S/C13H16N4O/c1-9-8-12(17-16-9)15-13(18)7-6-10-4-2-3-5-11(10)14/h2-5,8H,6-7,14H2,1H3,(H2,15,16,17,18). The van der Waals surface area contributed by atoms with Gasteiger partial charge in [-0.3, -0.25) is 9.89 Å². The lowest BCUT2D eigenvalue weighted by molar-refractivity contribution is -0.116. The van der Waals surface area contributed by atoms with E-state index in [0.717, 1.165) is 16.9 Å². The molecule has 1 aromatic heterocycles. The van der Waals surface area contributed by atoms with E-state index in [1.54, 1.807) is 6.07 Å². The first kappa shape index (κ1) is 12.2. The summed E-state index contributed by atoms with van der Waals surface area (Å²) in [5.41, 5.74) is 8.44. The molecule has 1 amide bonds. The van der Waals surface area contributed by atoms with E-state index in [0.29, 0.717) is 18.7 Å². The van der Waals surface area contributed by atoms with Crippen LogP contribution in [-0.4, -0.2) is 16.1 Å². The van der Waals surface area contributed by atoms with Gasteiger partial charge in [0.15, 0.2) is 5.82 Å². The van der Waals surface area contributed by atoms with Crippen molar-refractivity contribution in [2.24, 2.45) is 0 Å². The van der Waals surface area contributed by atoms with Gasteiger partial charge in [-0.05, 0) is 25.0 Å². The summed E-state index contributed by atoms with van der Waals surface area (Å²) in [5.74, 6) is 0.489. The highest BCUT2D eigenvalue weighted by Crippen LogP contribution is 2.13. The van der Waals surface area contributed by atoms with Crippen LogP contribution in [0.1, 0.15) is 17.7 Å². The maximum atomic E-state index is 11.7. The summed E-state index contributed by atoms with van der Waals surface area (Å²) in [5, 5.41) is 9.45. The van der Waals surface area contributed by atoms with E-state index < -0.39 is 0 Å². The number of nitrogen functional groups attached to an aromatic ring is 1. The minimum Gasteiger partial charge on any atom is -0.399 e. The Bertz CT molecular complexity index is 547. The van der Waals surface area contributed by atoms with Gasteiger partial charge in [0.05, 0.1) is 0 Å². The molecule has 0 fully saturated rings. The van der Waals surface area contributed by atoms with Gasteiger partial charge in [0, 0.05) is 23.9 Å². The van der Waals surface area contributed by atoms with E-state index >= 15 is 0 Å². The highest BCUT2D eigenvalue weighted by molar-refractivity contribution is 5.89. The topological polar surface area (TPSA) is 83.8 Å². The fourth-order valence-electron chi connectivity index (χ4n) is 1.70. The molecular weight excluding hydrogens is 228 g/mol. The van der Waals surface area contributed by atoms with E-state index in [-0.39, 0.29) is 5.91 Å². The summed E-state index contributed by atoms with van der Waals surface area (Å²) in [4.78, 5) is 11.7. The third-order valence-electron chi connectivity index (χ3n) is 2.65. The molecule has 5 nitrogen and oxygen atoms in total. The molecule has 0 spiro atoms. The Kier molecular flexibility index (Phi) is 3.62. The van der Waals surface area contributed by atoms with Crippen LogP contribution in [0.3, 0.4) is 0 Å². The number of rotatable bonds is 4. The number of nitrogens with two attached hydrogens (primary N) is 1. The van der Waals surface area contributed by atoms with Gasteiger partial charge in [-0.15, -0.1) is 0 Å². The molecule has 1 aromatic carbocycles. The number of aromatic nitrogens is 2.